The van der Waals surface area contributed by atoms with E-state index in [1.807, 2.05) is 26.1 Å². The lowest BCUT2D eigenvalue weighted by molar-refractivity contribution is 0.231. The van der Waals surface area contributed by atoms with Gasteiger partial charge >= 0.3 is 0 Å². The topological polar surface area (TPSA) is 25.4 Å². The molecule has 100 valence electrons. The molecule has 18 heavy (non-hydrogen) atoms. The number of hydrogen-bond donors (Lipinski definition) is 0. The summed E-state index contributed by atoms with van der Waals surface area (Å²) in [6.45, 7) is 8.70. The Morgan fingerprint density at radius 3 is 2.89 bits per heavy atom. The molecule has 3 heteroatoms. The lowest BCUT2D eigenvalue weighted by Gasteiger charge is -2.24. The van der Waals surface area contributed by atoms with Gasteiger partial charge in [0.05, 0.1) is 6.10 Å². The zero-order valence-electron chi connectivity index (χ0n) is 11.7. The molecule has 1 aliphatic heterocycles. The summed E-state index contributed by atoms with van der Waals surface area (Å²) in [5.41, 5.74) is 1.33. The summed E-state index contributed by atoms with van der Waals surface area (Å²) >= 11 is 0. The molecule has 2 rings (SSSR count). The van der Waals surface area contributed by atoms with Crippen molar-refractivity contribution in [2.24, 2.45) is 0 Å². The second kappa shape index (κ2) is 6.19. The van der Waals surface area contributed by atoms with Crippen molar-refractivity contribution in [3.63, 3.8) is 0 Å². The fourth-order valence-corrected chi connectivity index (χ4v) is 2.66. The molecule has 1 aromatic rings. The molecule has 1 atom stereocenters. The Morgan fingerprint density at radius 2 is 2.28 bits per heavy atom. The fourth-order valence-electron chi connectivity index (χ4n) is 2.66. The molecule has 1 unspecified atom stereocenters. The van der Waals surface area contributed by atoms with Crippen LogP contribution in [0.25, 0.3) is 0 Å². The molecule has 0 aliphatic carbocycles. The summed E-state index contributed by atoms with van der Waals surface area (Å²) in [4.78, 5) is 6.98. The summed E-state index contributed by atoms with van der Waals surface area (Å²) < 4.78 is 5.58. The number of hydrogen-bond acceptors (Lipinski definition) is 3. The fraction of sp³-hybridized carbons (Fsp3) is 0.667. The minimum Gasteiger partial charge on any atom is -0.475 e. The quantitative estimate of drug-likeness (QED) is 0.798. The van der Waals surface area contributed by atoms with Crippen LogP contribution in [0.5, 0.6) is 5.88 Å². The van der Waals surface area contributed by atoms with Crippen molar-refractivity contribution in [2.45, 2.75) is 52.2 Å². The van der Waals surface area contributed by atoms with Crippen LogP contribution >= 0.6 is 0 Å². The highest BCUT2D eigenvalue weighted by Gasteiger charge is 2.25. The van der Waals surface area contributed by atoms with Crippen LogP contribution in [0.3, 0.4) is 0 Å². The third-order valence-electron chi connectivity index (χ3n) is 3.37. The van der Waals surface area contributed by atoms with Crippen molar-refractivity contribution in [1.82, 2.24) is 9.88 Å². The van der Waals surface area contributed by atoms with E-state index in [9.17, 15) is 0 Å². The second-order valence-electron chi connectivity index (χ2n) is 5.29. The maximum absolute atomic E-state index is 5.58. The summed E-state index contributed by atoms with van der Waals surface area (Å²) in [6, 6.07) is 4.73. The normalized spacial score (nSPS) is 20.6. The van der Waals surface area contributed by atoms with Crippen molar-refractivity contribution in [3.8, 4) is 5.88 Å². The molecular weight excluding hydrogens is 224 g/mol. The van der Waals surface area contributed by atoms with Gasteiger partial charge in [0.1, 0.15) is 0 Å². The van der Waals surface area contributed by atoms with Gasteiger partial charge in [0.25, 0.3) is 0 Å². The predicted octanol–water partition coefficient (Wildman–Crippen LogP) is 3.42. The zero-order valence-corrected chi connectivity index (χ0v) is 11.7. The maximum Gasteiger partial charge on any atom is 0.213 e. The van der Waals surface area contributed by atoms with E-state index in [1.54, 1.807) is 0 Å². The summed E-state index contributed by atoms with van der Waals surface area (Å²) in [5, 5.41) is 0. The highest BCUT2D eigenvalue weighted by molar-refractivity contribution is 5.21. The number of rotatable bonds is 5. The van der Waals surface area contributed by atoms with Gasteiger partial charge in [-0.1, -0.05) is 13.0 Å². The van der Waals surface area contributed by atoms with Crippen LogP contribution in [-0.2, 0) is 0 Å². The Morgan fingerprint density at radius 1 is 1.44 bits per heavy atom. The Kier molecular flexibility index (Phi) is 4.59. The Bertz CT molecular complexity index is 361. The second-order valence-corrected chi connectivity index (χ2v) is 5.29. The van der Waals surface area contributed by atoms with Crippen LogP contribution in [0.2, 0.25) is 0 Å². The number of ether oxygens (including phenoxy) is 1. The molecule has 1 aliphatic rings. The minimum absolute atomic E-state index is 0.187. The summed E-state index contributed by atoms with van der Waals surface area (Å²) in [5.74, 6) is 0.730. The molecule has 0 spiro atoms. The van der Waals surface area contributed by atoms with E-state index in [2.05, 4.69) is 22.9 Å². The molecule has 2 heterocycles. The third-order valence-corrected chi connectivity index (χ3v) is 3.37. The number of nitrogens with zero attached hydrogens (tertiary/aromatic N) is 2. The molecule has 0 saturated carbocycles. The van der Waals surface area contributed by atoms with Gasteiger partial charge in [0, 0.05) is 18.3 Å². The molecule has 1 fully saturated rings. The van der Waals surface area contributed by atoms with Crippen molar-refractivity contribution in [3.05, 3.63) is 23.9 Å². The van der Waals surface area contributed by atoms with Crippen LogP contribution in [0.4, 0.5) is 0 Å². The van der Waals surface area contributed by atoms with Crippen LogP contribution in [0.1, 0.15) is 51.6 Å². The van der Waals surface area contributed by atoms with Crippen molar-refractivity contribution < 1.29 is 4.74 Å². The van der Waals surface area contributed by atoms with E-state index in [0.717, 1.165) is 5.88 Å². The third kappa shape index (κ3) is 3.22. The molecule has 0 amide bonds. The molecule has 0 N–H and O–H groups in total. The first-order chi connectivity index (χ1) is 8.70. The van der Waals surface area contributed by atoms with E-state index in [-0.39, 0.29) is 6.10 Å². The smallest absolute Gasteiger partial charge is 0.213 e. The van der Waals surface area contributed by atoms with E-state index < -0.39 is 0 Å². The van der Waals surface area contributed by atoms with Gasteiger partial charge in [0.15, 0.2) is 0 Å². The zero-order chi connectivity index (χ0) is 13.0. The molecule has 0 aromatic carbocycles. The van der Waals surface area contributed by atoms with Crippen LogP contribution in [0.15, 0.2) is 18.3 Å². The van der Waals surface area contributed by atoms with Gasteiger partial charge < -0.3 is 4.74 Å². The summed E-state index contributed by atoms with van der Waals surface area (Å²) in [6.07, 6.45) is 5.95. The number of likely N-dealkylation sites (tertiary alicyclic amines) is 1. The lowest BCUT2D eigenvalue weighted by atomic mass is 10.1. The highest BCUT2D eigenvalue weighted by Crippen LogP contribution is 2.31. The molecular formula is C15H24N2O. The molecule has 0 bridgehead atoms. The van der Waals surface area contributed by atoms with Crippen LogP contribution in [-0.4, -0.2) is 29.1 Å². The van der Waals surface area contributed by atoms with Crippen molar-refractivity contribution >= 4 is 0 Å². The van der Waals surface area contributed by atoms with Crippen LogP contribution < -0.4 is 4.74 Å². The van der Waals surface area contributed by atoms with Gasteiger partial charge in [0.2, 0.25) is 5.88 Å². The number of aromatic nitrogens is 1. The lowest BCUT2D eigenvalue weighted by Crippen LogP contribution is -2.24. The van der Waals surface area contributed by atoms with Gasteiger partial charge in [-0.15, -0.1) is 0 Å². The molecule has 1 saturated heterocycles. The van der Waals surface area contributed by atoms with Gasteiger partial charge in [-0.2, -0.15) is 0 Å². The Balaban J connectivity index is 2.04. The van der Waals surface area contributed by atoms with Gasteiger partial charge in [-0.3, -0.25) is 4.90 Å². The maximum atomic E-state index is 5.58. The first-order valence-electron chi connectivity index (χ1n) is 7.07. The highest BCUT2D eigenvalue weighted by atomic mass is 16.5. The first-order valence-corrected chi connectivity index (χ1v) is 7.07. The Labute approximate surface area is 110 Å². The standard InChI is InChI=1S/C15H24N2O/c1-4-9-17-10-5-6-14(17)13-7-8-15(16-11-13)18-12(2)3/h7-8,11-12,14H,4-6,9-10H2,1-3H3. The van der Waals surface area contributed by atoms with Crippen LogP contribution in [0, 0.1) is 0 Å². The van der Waals surface area contributed by atoms with E-state index in [1.165, 1.54) is 37.9 Å². The average Bonchev–Trinajstić information content (AvgIpc) is 2.78. The van der Waals surface area contributed by atoms with Gasteiger partial charge in [-0.05, 0) is 51.8 Å². The summed E-state index contributed by atoms with van der Waals surface area (Å²) in [7, 11) is 0. The average molecular weight is 248 g/mol. The molecule has 0 radical (unpaired) electrons. The molecule has 1 aromatic heterocycles. The SMILES string of the molecule is CCCN1CCCC1c1ccc(OC(C)C)nc1. The molecule has 3 nitrogen and oxygen atoms in total. The van der Waals surface area contributed by atoms with Gasteiger partial charge in [-0.25, -0.2) is 4.98 Å². The monoisotopic (exact) mass is 248 g/mol. The minimum atomic E-state index is 0.187. The Hall–Kier alpha value is -1.09. The number of pyridine rings is 1. The van der Waals surface area contributed by atoms with E-state index in [4.69, 9.17) is 4.74 Å². The van der Waals surface area contributed by atoms with E-state index >= 15 is 0 Å². The predicted molar refractivity (Wildman–Crippen MR) is 73.8 cm³/mol. The largest absolute Gasteiger partial charge is 0.475 e. The van der Waals surface area contributed by atoms with Crippen molar-refractivity contribution in [1.29, 1.82) is 0 Å². The van der Waals surface area contributed by atoms with Crippen molar-refractivity contribution in [2.75, 3.05) is 13.1 Å². The first kappa shape index (κ1) is 13.3. The van der Waals surface area contributed by atoms with E-state index in [0.29, 0.717) is 6.04 Å².